The van der Waals surface area contributed by atoms with Gasteiger partial charge >= 0.3 is 5.97 Å². The summed E-state index contributed by atoms with van der Waals surface area (Å²) in [4.78, 5) is 26.2. The van der Waals surface area contributed by atoms with E-state index in [2.05, 4.69) is 5.32 Å². The van der Waals surface area contributed by atoms with Gasteiger partial charge in [-0.05, 0) is 55.3 Å². The fourth-order valence-corrected chi connectivity index (χ4v) is 4.51. The molecule has 0 aliphatic heterocycles. The fourth-order valence-electron chi connectivity index (χ4n) is 3.44. The lowest BCUT2D eigenvalue weighted by Crippen LogP contribution is -2.11. The van der Waals surface area contributed by atoms with Crippen molar-refractivity contribution in [1.82, 2.24) is 0 Å². The highest BCUT2D eigenvalue weighted by molar-refractivity contribution is 7.17. The van der Waals surface area contributed by atoms with Crippen LogP contribution in [0.25, 0.3) is 17.2 Å². The number of ether oxygens (including phenoxy) is 4. The lowest BCUT2D eigenvalue weighted by Gasteiger charge is -2.09. The molecule has 0 aliphatic rings. The molecule has 7 nitrogen and oxygen atoms in total. The van der Waals surface area contributed by atoms with E-state index in [9.17, 15) is 9.59 Å². The summed E-state index contributed by atoms with van der Waals surface area (Å²) >= 11 is 1.32. The number of hydrogen-bond donors (Lipinski definition) is 1. The molecule has 0 saturated heterocycles. The molecule has 0 radical (unpaired) electrons. The summed E-state index contributed by atoms with van der Waals surface area (Å²) in [5, 5.41) is 3.25. The third-order valence-electron chi connectivity index (χ3n) is 5.00. The second-order valence-corrected chi connectivity index (χ2v) is 8.35. The van der Waals surface area contributed by atoms with Gasteiger partial charge in [0.1, 0.15) is 16.3 Å². The van der Waals surface area contributed by atoms with Crippen molar-refractivity contribution in [2.24, 2.45) is 0 Å². The normalized spacial score (nSPS) is 10.7. The Morgan fingerprint density at radius 1 is 1.00 bits per heavy atom. The van der Waals surface area contributed by atoms with Gasteiger partial charge in [0.05, 0.1) is 27.9 Å². The quantitative estimate of drug-likeness (QED) is 0.317. The van der Waals surface area contributed by atoms with E-state index in [0.29, 0.717) is 28.7 Å². The summed E-state index contributed by atoms with van der Waals surface area (Å²) in [7, 11) is 4.43. The van der Waals surface area contributed by atoms with E-state index in [1.54, 1.807) is 32.4 Å². The Hall–Kier alpha value is -3.78. The summed E-state index contributed by atoms with van der Waals surface area (Å²) < 4.78 is 21.1. The Labute approximate surface area is 202 Å². The number of thiophene rings is 1. The average molecular weight is 482 g/mol. The molecular formula is C26H27NO6S. The van der Waals surface area contributed by atoms with Gasteiger partial charge in [-0.3, -0.25) is 4.79 Å². The number of rotatable bonds is 9. The second kappa shape index (κ2) is 11.4. The van der Waals surface area contributed by atoms with E-state index < -0.39 is 5.97 Å². The first-order chi connectivity index (χ1) is 16.4. The zero-order chi connectivity index (χ0) is 24.7. The molecular weight excluding hydrogens is 454 g/mol. The van der Waals surface area contributed by atoms with Crippen molar-refractivity contribution >= 4 is 34.3 Å². The first-order valence-corrected chi connectivity index (χ1v) is 11.4. The van der Waals surface area contributed by atoms with Gasteiger partial charge < -0.3 is 24.3 Å². The molecule has 178 valence electrons. The number of benzene rings is 2. The van der Waals surface area contributed by atoms with Crippen molar-refractivity contribution in [3.05, 3.63) is 64.5 Å². The van der Waals surface area contributed by atoms with Crippen molar-refractivity contribution in [3.8, 4) is 28.4 Å². The standard InChI is InChI=1S/C26H27NO6S/c1-6-33-19-11-9-18(10-12-19)23-16(2)34-25(24(23)26(29)32-5)27-22(28)14-8-17-7-13-20(30-3)21(15-17)31-4/h7-15H,6H2,1-5H3,(H,27,28). The molecule has 8 heteroatoms. The number of aryl methyl sites for hydroxylation is 1. The van der Waals surface area contributed by atoms with E-state index in [0.717, 1.165) is 27.3 Å². The van der Waals surface area contributed by atoms with Gasteiger partial charge in [-0.25, -0.2) is 4.79 Å². The third kappa shape index (κ3) is 5.58. The summed E-state index contributed by atoms with van der Waals surface area (Å²) in [5.41, 5.74) is 2.64. The lowest BCUT2D eigenvalue weighted by molar-refractivity contribution is -0.111. The maximum Gasteiger partial charge on any atom is 0.341 e. The van der Waals surface area contributed by atoms with Crippen LogP contribution in [0.2, 0.25) is 0 Å². The van der Waals surface area contributed by atoms with Crippen LogP contribution >= 0.6 is 11.3 Å². The number of esters is 1. The molecule has 34 heavy (non-hydrogen) atoms. The minimum Gasteiger partial charge on any atom is -0.494 e. The van der Waals surface area contributed by atoms with Crippen LogP contribution in [0.5, 0.6) is 17.2 Å². The Kier molecular flexibility index (Phi) is 8.32. The molecule has 0 unspecified atom stereocenters. The molecule has 0 saturated carbocycles. The van der Waals surface area contributed by atoms with E-state index in [-0.39, 0.29) is 5.91 Å². The first kappa shape index (κ1) is 24.9. The smallest absolute Gasteiger partial charge is 0.341 e. The van der Waals surface area contributed by atoms with Crippen LogP contribution in [0, 0.1) is 6.92 Å². The Morgan fingerprint density at radius 3 is 2.32 bits per heavy atom. The highest BCUT2D eigenvalue weighted by atomic mass is 32.1. The monoisotopic (exact) mass is 481 g/mol. The lowest BCUT2D eigenvalue weighted by atomic mass is 10.0. The molecule has 1 heterocycles. The number of methoxy groups -OCH3 is 3. The molecule has 0 bridgehead atoms. The zero-order valence-electron chi connectivity index (χ0n) is 19.8. The van der Waals surface area contributed by atoms with Crippen LogP contribution in [-0.2, 0) is 9.53 Å². The molecule has 1 aromatic heterocycles. The summed E-state index contributed by atoms with van der Waals surface area (Å²) in [6.07, 6.45) is 3.05. The maximum atomic E-state index is 12.7. The SMILES string of the molecule is CCOc1ccc(-c2c(C)sc(NC(=O)C=Cc3ccc(OC)c(OC)c3)c2C(=O)OC)cc1. The molecule has 0 spiro atoms. The Morgan fingerprint density at radius 2 is 1.71 bits per heavy atom. The number of anilines is 1. The summed E-state index contributed by atoms with van der Waals surface area (Å²) in [6, 6.07) is 12.8. The number of hydrogen-bond acceptors (Lipinski definition) is 7. The van der Waals surface area contributed by atoms with Crippen LogP contribution in [-0.4, -0.2) is 39.8 Å². The third-order valence-corrected chi connectivity index (χ3v) is 6.02. The van der Waals surface area contributed by atoms with Crippen molar-refractivity contribution in [2.45, 2.75) is 13.8 Å². The van der Waals surface area contributed by atoms with Gasteiger partial charge in [0.25, 0.3) is 0 Å². The van der Waals surface area contributed by atoms with Gasteiger partial charge in [0.2, 0.25) is 5.91 Å². The predicted molar refractivity (Wildman–Crippen MR) is 134 cm³/mol. The van der Waals surface area contributed by atoms with Crippen LogP contribution in [0.3, 0.4) is 0 Å². The van der Waals surface area contributed by atoms with Gasteiger partial charge in [0.15, 0.2) is 11.5 Å². The van der Waals surface area contributed by atoms with E-state index in [1.807, 2.05) is 44.2 Å². The molecule has 0 atom stereocenters. The molecule has 3 aromatic rings. The van der Waals surface area contributed by atoms with Crippen molar-refractivity contribution in [3.63, 3.8) is 0 Å². The van der Waals surface area contributed by atoms with Crippen LogP contribution in [0.1, 0.15) is 27.7 Å². The molecule has 0 aliphatic carbocycles. The predicted octanol–water partition coefficient (Wildman–Crippen LogP) is 5.58. The molecule has 1 amide bonds. The Bertz CT molecular complexity index is 1200. The molecule has 1 N–H and O–H groups in total. The first-order valence-electron chi connectivity index (χ1n) is 10.6. The van der Waals surface area contributed by atoms with Crippen molar-refractivity contribution in [1.29, 1.82) is 0 Å². The van der Waals surface area contributed by atoms with E-state index >= 15 is 0 Å². The minimum absolute atomic E-state index is 0.321. The van der Waals surface area contributed by atoms with Crippen LogP contribution in [0.15, 0.2) is 48.5 Å². The van der Waals surface area contributed by atoms with E-state index in [1.165, 1.54) is 24.5 Å². The number of amides is 1. The fraction of sp³-hybridized carbons (Fsp3) is 0.231. The number of nitrogens with one attached hydrogen (secondary N) is 1. The van der Waals surface area contributed by atoms with Gasteiger partial charge in [-0.2, -0.15) is 0 Å². The van der Waals surface area contributed by atoms with Crippen molar-refractivity contribution in [2.75, 3.05) is 33.3 Å². The maximum absolute atomic E-state index is 12.7. The highest BCUT2D eigenvalue weighted by Gasteiger charge is 2.24. The molecule has 2 aromatic carbocycles. The van der Waals surface area contributed by atoms with Gasteiger partial charge in [-0.1, -0.05) is 18.2 Å². The largest absolute Gasteiger partial charge is 0.494 e. The van der Waals surface area contributed by atoms with Gasteiger partial charge in [-0.15, -0.1) is 11.3 Å². The van der Waals surface area contributed by atoms with Crippen LogP contribution in [0.4, 0.5) is 5.00 Å². The molecule has 3 rings (SSSR count). The average Bonchev–Trinajstić information content (AvgIpc) is 3.17. The minimum atomic E-state index is -0.521. The zero-order valence-corrected chi connectivity index (χ0v) is 20.6. The second-order valence-electron chi connectivity index (χ2n) is 7.12. The van der Waals surface area contributed by atoms with Crippen molar-refractivity contribution < 1.29 is 28.5 Å². The Balaban J connectivity index is 1.88. The number of carbonyl (C=O) groups is 2. The van der Waals surface area contributed by atoms with Gasteiger partial charge in [0, 0.05) is 16.5 Å². The topological polar surface area (TPSA) is 83.1 Å². The highest BCUT2D eigenvalue weighted by Crippen LogP contribution is 2.40. The summed E-state index contributed by atoms with van der Waals surface area (Å²) in [5.74, 6) is 1.01. The molecule has 0 fully saturated rings. The van der Waals surface area contributed by atoms with Crippen LogP contribution < -0.4 is 19.5 Å². The number of carbonyl (C=O) groups excluding carboxylic acids is 2. The summed E-state index contributed by atoms with van der Waals surface area (Å²) in [6.45, 7) is 4.39. The van der Waals surface area contributed by atoms with E-state index in [4.69, 9.17) is 18.9 Å².